The fraction of sp³-hybridized carbons (Fsp3) is 0.368. The molecule has 0 saturated carbocycles. The van der Waals surface area contributed by atoms with Crippen LogP contribution in [0.2, 0.25) is 0 Å². The van der Waals surface area contributed by atoms with Crippen LogP contribution in [0.15, 0.2) is 53.4 Å². The van der Waals surface area contributed by atoms with E-state index in [2.05, 4.69) is 0 Å². The van der Waals surface area contributed by atoms with E-state index >= 15 is 0 Å². The van der Waals surface area contributed by atoms with Gasteiger partial charge in [0.15, 0.2) is 9.84 Å². The van der Waals surface area contributed by atoms with Gasteiger partial charge in [-0.3, -0.25) is 0 Å². The van der Waals surface area contributed by atoms with Crippen LogP contribution in [0.4, 0.5) is 0 Å². The van der Waals surface area contributed by atoms with Crippen LogP contribution >= 0.6 is 0 Å². The highest BCUT2D eigenvalue weighted by molar-refractivity contribution is 7.90. The van der Waals surface area contributed by atoms with Crippen molar-refractivity contribution in [3.8, 4) is 16.9 Å². The molecule has 0 unspecified atom stereocenters. The fourth-order valence-corrected chi connectivity index (χ4v) is 3.55. The topological polar surface area (TPSA) is 134 Å². The standard InChI is InChI=1S/C19H22O8S/c1-28(24,25)14-8-4-12(5-9-14)11-2-6-13(7-3-11)26-19-18(23)17(22)16(21)15(10-20)27-19/h2-9,15-23H,10H2,1H3/t15-,16-,17+,18+,19-/m1/s1. The third-order valence-electron chi connectivity index (χ3n) is 4.57. The lowest BCUT2D eigenvalue weighted by Gasteiger charge is -2.39. The van der Waals surface area contributed by atoms with Crippen LogP contribution in [-0.2, 0) is 14.6 Å². The molecule has 9 heteroatoms. The largest absolute Gasteiger partial charge is 0.462 e. The Labute approximate surface area is 162 Å². The van der Waals surface area contributed by atoms with Crippen LogP contribution in [0.25, 0.3) is 11.1 Å². The Kier molecular flexibility index (Phi) is 6.04. The summed E-state index contributed by atoms with van der Waals surface area (Å²) in [6, 6.07) is 13.2. The molecule has 5 atom stereocenters. The highest BCUT2D eigenvalue weighted by Crippen LogP contribution is 2.27. The maximum absolute atomic E-state index is 11.5. The Hall–Kier alpha value is -2.01. The predicted octanol–water partition coefficient (Wildman–Crippen LogP) is -0.0642. The number of hydrogen-bond acceptors (Lipinski definition) is 8. The van der Waals surface area contributed by atoms with Crippen molar-refractivity contribution < 1.29 is 38.3 Å². The third kappa shape index (κ3) is 4.35. The van der Waals surface area contributed by atoms with Crippen LogP contribution in [0, 0.1) is 0 Å². The average molecular weight is 410 g/mol. The molecule has 152 valence electrons. The minimum Gasteiger partial charge on any atom is -0.462 e. The molecule has 1 saturated heterocycles. The quantitative estimate of drug-likeness (QED) is 0.539. The molecule has 1 aliphatic rings. The smallest absolute Gasteiger partial charge is 0.229 e. The molecule has 0 bridgehead atoms. The number of hydrogen-bond donors (Lipinski definition) is 4. The summed E-state index contributed by atoms with van der Waals surface area (Å²) < 4.78 is 33.9. The molecule has 8 nitrogen and oxygen atoms in total. The first-order valence-electron chi connectivity index (χ1n) is 8.58. The summed E-state index contributed by atoms with van der Waals surface area (Å²) in [5, 5.41) is 38.8. The van der Waals surface area contributed by atoms with Gasteiger partial charge in [0.05, 0.1) is 11.5 Å². The van der Waals surface area contributed by atoms with E-state index < -0.39 is 47.2 Å². The third-order valence-corrected chi connectivity index (χ3v) is 5.70. The summed E-state index contributed by atoms with van der Waals surface area (Å²) in [6.07, 6.45) is -5.60. The second-order valence-corrected chi connectivity index (χ2v) is 8.65. The highest BCUT2D eigenvalue weighted by atomic mass is 32.2. The second-order valence-electron chi connectivity index (χ2n) is 6.64. The predicted molar refractivity (Wildman–Crippen MR) is 99.4 cm³/mol. The van der Waals surface area contributed by atoms with Gasteiger partial charge in [-0.15, -0.1) is 0 Å². The molecule has 0 aliphatic carbocycles. The fourth-order valence-electron chi connectivity index (χ4n) is 2.92. The molecule has 2 aromatic carbocycles. The van der Waals surface area contributed by atoms with Crippen LogP contribution in [-0.4, -0.2) is 72.4 Å². The first-order chi connectivity index (χ1) is 13.2. The van der Waals surface area contributed by atoms with E-state index in [1.807, 2.05) is 0 Å². The van der Waals surface area contributed by atoms with Crippen molar-refractivity contribution in [2.45, 2.75) is 35.6 Å². The van der Waals surface area contributed by atoms with Crippen molar-refractivity contribution in [1.82, 2.24) is 0 Å². The maximum atomic E-state index is 11.5. The molecule has 1 fully saturated rings. The number of aliphatic hydroxyl groups excluding tert-OH is 4. The molecule has 3 rings (SSSR count). The number of benzene rings is 2. The minimum atomic E-state index is -3.26. The molecular formula is C19H22O8S. The lowest BCUT2D eigenvalue weighted by Crippen LogP contribution is -2.60. The Morgan fingerprint density at radius 1 is 0.893 bits per heavy atom. The summed E-state index contributed by atoms with van der Waals surface area (Å²) in [5.41, 5.74) is 1.63. The lowest BCUT2D eigenvalue weighted by molar-refractivity contribution is -0.277. The van der Waals surface area contributed by atoms with Gasteiger partial charge in [-0.1, -0.05) is 24.3 Å². The molecule has 4 N–H and O–H groups in total. The summed E-state index contributed by atoms with van der Waals surface area (Å²) in [4.78, 5) is 0.235. The lowest BCUT2D eigenvalue weighted by atomic mass is 9.99. The van der Waals surface area contributed by atoms with Gasteiger partial charge < -0.3 is 29.9 Å². The van der Waals surface area contributed by atoms with Crippen LogP contribution in [0.1, 0.15) is 0 Å². The van der Waals surface area contributed by atoms with E-state index in [0.29, 0.717) is 5.75 Å². The van der Waals surface area contributed by atoms with Crippen LogP contribution in [0.3, 0.4) is 0 Å². The minimum absolute atomic E-state index is 0.235. The van der Waals surface area contributed by atoms with Crippen molar-refractivity contribution in [3.63, 3.8) is 0 Å². The zero-order valence-electron chi connectivity index (χ0n) is 15.0. The summed E-state index contributed by atoms with van der Waals surface area (Å²) in [5.74, 6) is 0.348. The van der Waals surface area contributed by atoms with Gasteiger partial charge in [-0.25, -0.2) is 8.42 Å². The van der Waals surface area contributed by atoms with E-state index in [9.17, 15) is 28.8 Å². The van der Waals surface area contributed by atoms with Gasteiger partial charge in [-0.2, -0.15) is 0 Å². The van der Waals surface area contributed by atoms with Gasteiger partial charge in [0.2, 0.25) is 6.29 Å². The second kappa shape index (κ2) is 8.16. The molecular weight excluding hydrogens is 388 g/mol. The first-order valence-corrected chi connectivity index (χ1v) is 10.5. The normalized spacial score (nSPS) is 28.1. The molecule has 1 heterocycles. The van der Waals surface area contributed by atoms with Crippen molar-refractivity contribution >= 4 is 9.84 Å². The Bertz CT molecular complexity index is 893. The van der Waals surface area contributed by atoms with E-state index in [0.717, 1.165) is 17.4 Å². The van der Waals surface area contributed by atoms with E-state index in [-0.39, 0.29) is 4.90 Å². The van der Waals surface area contributed by atoms with Gasteiger partial charge in [0, 0.05) is 6.26 Å². The van der Waals surface area contributed by atoms with Gasteiger partial charge in [-0.05, 0) is 35.4 Å². The van der Waals surface area contributed by atoms with Crippen LogP contribution in [0.5, 0.6) is 5.75 Å². The van der Waals surface area contributed by atoms with E-state index in [1.54, 1.807) is 36.4 Å². The van der Waals surface area contributed by atoms with E-state index in [4.69, 9.17) is 9.47 Å². The van der Waals surface area contributed by atoms with Crippen molar-refractivity contribution in [3.05, 3.63) is 48.5 Å². The highest BCUT2D eigenvalue weighted by Gasteiger charge is 2.44. The van der Waals surface area contributed by atoms with Crippen LogP contribution < -0.4 is 4.74 Å². The number of sulfone groups is 1. The van der Waals surface area contributed by atoms with Gasteiger partial charge in [0.25, 0.3) is 0 Å². The van der Waals surface area contributed by atoms with Crippen molar-refractivity contribution in [2.75, 3.05) is 12.9 Å². The number of ether oxygens (including phenoxy) is 2. The summed E-state index contributed by atoms with van der Waals surface area (Å²) in [6.45, 7) is -0.535. The Balaban J connectivity index is 1.72. The molecule has 0 amide bonds. The SMILES string of the molecule is CS(=O)(=O)c1ccc(-c2ccc(O[C@@H]3O[C@H](CO)[C@@H](O)[C@H](O)[C@@H]3O)cc2)cc1. The Morgan fingerprint density at radius 2 is 1.43 bits per heavy atom. The molecule has 28 heavy (non-hydrogen) atoms. The first kappa shape index (κ1) is 20.7. The molecule has 0 aromatic heterocycles. The van der Waals surface area contributed by atoms with Crippen molar-refractivity contribution in [2.24, 2.45) is 0 Å². The zero-order valence-corrected chi connectivity index (χ0v) is 15.9. The molecule has 0 radical (unpaired) electrons. The van der Waals surface area contributed by atoms with Gasteiger partial charge in [0.1, 0.15) is 30.2 Å². The zero-order chi connectivity index (χ0) is 20.5. The molecule has 1 aliphatic heterocycles. The summed E-state index contributed by atoms with van der Waals surface area (Å²) in [7, 11) is -3.26. The number of aliphatic hydroxyl groups is 4. The van der Waals surface area contributed by atoms with Crippen molar-refractivity contribution in [1.29, 1.82) is 0 Å². The number of rotatable bonds is 5. The van der Waals surface area contributed by atoms with E-state index in [1.165, 1.54) is 12.1 Å². The molecule has 2 aromatic rings. The summed E-state index contributed by atoms with van der Waals surface area (Å²) >= 11 is 0. The molecule has 0 spiro atoms. The monoisotopic (exact) mass is 410 g/mol. The van der Waals surface area contributed by atoms with Gasteiger partial charge >= 0.3 is 0 Å². The maximum Gasteiger partial charge on any atom is 0.229 e. The Morgan fingerprint density at radius 3 is 1.93 bits per heavy atom. The average Bonchev–Trinajstić information content (AvgIpc) is 2.68.